The van der Waals surface area contributed by atoms with Gasteiger partial charge in [0.2, 0.25) is 5.91 Å². The molecule has 0 unspecified atom stereocenters. The smallest absolute Gasteiger partial charge is 0.228 e. The summed E-state index contributed by atoms with van der Waals surface area (Å²) in [7, 11) is 1.62. The van der Waals surface area contributed by atoms with Crippen LogP contribution < -0.4 is 14.8 Å². The van der Waals surface area contributed by atoms with E-state index < -0.39 is 0 Å². The molecule has 0 radical (unpaired) electrons. The van der Waals surface area contributed by atoms with Crippen LogP contribution in [0.5, 0.6) is 11.5 Å². The molecule has 0 aliphatic carbocycles. The number of anilines is 1. The Balaban J connectivity index is 1.62. The molecule has 0 aliphatic rings. The van der Waals surface area contributed by atoms with Crippen molar-refractivity contribution in [2.75, 3.05) is 25.6 Å². The van der Waals surface area contributed by atoms with Crippen molar-refractivity contribution in [1.82, 2.24) is 4.90 Å². The van der Waals surface area contributed by atoms with E-state index in [1.165, 1.54) is 16.7 Å². The molecule has 36 heavy (non-hydrogen) atoms. The SMILES string of the molecule is CCc1ccccc1-c1ccc(CC(=O)Nc2ccc(OC)c(OCCN(C(C)C)C(C)C)c2)cc1. The highest BCUT2D eigenvalue weighted by Crippen LogP contribution is 2.30. The van der Waals surface area contributed by atoms with E-state index in [1.807, 2.05) is 30.3 Å². The van der Waals surface area contributed by atoms with Crippen molar-refractivity contribution in [2.45, 2.75) is 59.5 Å². The van der Waals surface area contributed by atoms with Crippen LogP contribution in [0, 0.1) is 0 Å². The Hall–Kier alpha value is -3.31. The van der Waals surface area contributed by atoms with Crippen molar-refractivity contribution in [1.29, 1.82) is 0 Å². The largest absolute Gasteiger partial charge is 0.493 e. The van der Waals surface area contributed by atoms with Gasteiger partial charge in [-0.25, -0.2) is 0 Å². The number of rotatable bonds is 12. The van der Waals surface area contributed by atoms with Crippen LogP contribution in [0.3, 0.4) is 0 Å². The highest BCUT2D eigenvalue weighted by Gasteiger charge is 2.14. The summed E-state index contributed by atoms with van der Waals surface area (Å²) >= 11 is 0. The minimum atomic E-state index is -0.0707. The van der Waals surface area contributed by atoms with Crippen molar-refractivity contribution in [3.63, 3.8) is 0 Å². The molecular weight excluding hydrogens is 448 g/mol. The normalized spacial score (nSPS) is 11.2. The molecule has 0 heterocycles. The van der Waals surface area contributed by atoms with Gasteiger partial charge in [0.15, 0.2) is 11.5 Å². The van der Waals surface area contributed by atoms with Crippen LogP contribution in [0.2, 0.25) is 0 Å². The number of ether oxygens (including phenoxy) is 2. The standard InChI is InChI=1S/C31H40N2O3/c1-7-25-10-8-9-11-28(25)26-14-12-24(13-15-26)20-31(34)32-27-16-17-29(35-6)30(21-27)36-19-18-33(22(2)3)23(4)5/h8-17,21-23H,7,18-20H2,1-6H3,(H,32,34). The zero-order valence-electron chi connectivity index (χ0n) is 22.5. The van der Waals surface area contributed by atoms with Gasteiger partial charge >= 0.3 is 0 Å². The van der Waals surface area contributed by atoms with Crippen molar-refractivity contribution in [3.05, 3.63) is 77.9 Å². The molecule has 0 fully saturated rings. The molecule has 0 bridgehead atoms. The first-order valence-electron chi connectivity index (χ1n) is 12.9. The van der Waals surface area contributed by atoms with E-state index in [1.54, 1.807) is 7.11 Å². The van der Waals surface area contributed by atoms with Crippen molar-refractivity contribution < 1.29 is 14.3 Å². The minimum Gasteiger partial charge on any atom is -0.493 e. The summed E-state index contributed by atoms with van der Waals surface area (Å²) in [5.74, 6) is 1.21. The number of amides is 1. The number of hydrogen-bond donors (Lipinski definition) is 1. The molecule has 3 rings (SSSR count). The zero-order chi connectivity index (χ0) is 26.1. The molecular formula is C31H40N2O3. The van der Waals surface area contributed by atoms with Gasteiger partial charge in [0.05, 0.1) is 13.5 Å². The Labute approximate surface area is 216 Å². The van der Waals surface area contributed by atoms with Gasteiger partial charge in [-0.15, -0.1) is 0 Å². The van der Waals surface area contributed by atoms with Gasteiger partial charge in [0, 0.05) is 30.4 Å². The second kappa shape index (κ2) is 13.1. The average Bonchev–Trinajstić information content (AvgIpc) is 2.86. The van der Waals surface area contributed by atoms with Gasteiger partial charge < -0.3 is 14.8 Å². The highest BCUT2D eigenvalue weighted by molar-refractivity contribution is 5.92. The predicted molar refractivity (Wildman–Crippen MR) is 149 cm³/mol. The molecule has 1 N–H and O–H groups in total. The third kappa shape index (κ3) is 7.34. The van der Waals surface area contributed by atoms with Gasteiger partial charge in [0.25, 0.3) is 0 Å². The van der Waals surface area contributed by atoms with E-state index in [9.17, 15) is 4.79 Å². The third-order valence-electron chi connectivity index (χ3n) is 6.41. The lowest BCUT2D eigenvalue weighted by Crippen LogP contribution is -2.39. The first-order valence-corrected chi connectivity index (χ1v) is 12.9. The lowest BCUT2D eigenvalue weighted by Gasteiger charge is -2.30. The van der Waals surface area contributed by atoms with Crippen molar-refractivity contribution >= 4 is 11.6 Å². The van der Waals surface area contributed by atoms with Gasteiger partial charge in [-0.2, -0.15) is 0 Å². The van der Waals surface area contributed by atoms with E-state index in [-0.39, 0.29) is 5.91 Å². The summed E-state index contributed by atoms with van der Waals surface area (Å²) in [6.07, 6.45) is 1.29. The minimum absolute atomic E-state index is 0.0707. The molecule has 3 aromatic carbocycles. The summed E-state index contributed by atoms with van der Waals surface area (Å²) < 4.78 is 11.5. The summed E-state index contributed by atoms with van der Waals surface area (Å²) in [5, 5.41) is 3.00. The maximum atomic E-state index is 12.8. The number of hydrogen-bond acceptors (Lipinski definition) is 4. The lowest BCUT2D eigenvalue weighted by molar-refractivity contribution is -0.115. The van der Waals surface area contributed by atoms with Crippen LogP contribution >= 0.6 is 0 Å². The molecule has 0 saturated carbocycles. The fourth-order valence-electron chi connectivity index (χ4n) is 4.54. The summed E-state index contributed by atoms with van der Waals surface area (Å²) in [6, 6.07) is 23.1. The number of carbonyl (C=O) groups is 1. The molecule has 0 saturated heterocycles. The molecule has 0 spiro atoms. The third-order valence-corrected chi connectivity index (χ3v) is 6.41. The molecule has 0 aromatic heterocycles. The quantitative estimate of drug-likeness (QED) is 0.312. The van der Waals surface area contributed by atoms with Gasteiger partial charge in [-0.05, 0) is 68.5 Å². The van der Waals surface area contributed by atoms with E-state index in [0.29, 0.717) is 42.3 Å². The van der Waals surface area contributed by atoms with E-state index in [0.717, 1.165) is 18.5 Å². The molecule has 192 valence electrons. The molecule has 0 atom stereocenters. The number of benzene rings is 3. The Morgan fingerprint density at radius 2 is 1.61 bits per heavy atom. The lowest BCUT2D eigenvalue weighted by atomic mass is 9.97. The van der Waals surface area contributed by atoms with Crippen LogP contribution in [0.15, 0.2) is 66.7 Å². The Kier molecular flexibility index (Phi) is 9.95. The Morgan fingerprint density at radius 1 is 0.917 bits per heavy atom. The van der Waals surface area contributed by atoms with Gasteiger partial charge in [-0.3, -0.25) is 9.69 Å². The fraction of sp³-hybridized carbons (Fsp3) is 0.387. The number of aryl methyl sites for hydroxylation is 1. The van der Waals surface area contributed by atoms with Crippen molar-refractivity contribution in [3.8, 4) is 22.6 Å². The zero-order valence-corrected chi connectivity index (χ0v) is 22.5. The van der Waals surface area contributed by atoms with Gasteiger partial charge in [0.1, 0.15) is 6.61 Å². The molecule has 5 nitrogen and oxygen atoms in total. The number of nitrogens with one attached hydrogen (secondary N) is 1. The number of nitrogens with zero attached hydrogens (tertiary/aromatic N) is 1. The van der Waals surface area contributed by atoms with E-state index in [4.69, 9.17) is 9.47 Å². The molecule has 5 heteroatoms. The topological polar surface area (TPSA) is 50.8 Å². The van der Waals surface area contributed by atoms with Crippen LogP contribution in [-0.4, -0.2) is 43.2 Å². The first-order chi connectivity index (χ1) is 17.3. The summed E-state index contributed by atoms with van der Waals surface area (Å²) in [5.41, 5.74) is 5.39. The van der Waals surface area contributed by atoms with Crippen molar-refractivity contribution in [2.24, 2.45) is 0 Å². The first kappa shape index (κ1) is 27.3. The van der Waals surface area contributed by atoms with Crippen LogP contribution in [-0.2, 0) is 17.6 Å². The maximum absolute atomic E-state index is 12.8. The monoisotopic (exact) mass is 488 g/mol. The second-order valence-corrected chi connectivity index (χ2v) is 9.57. The van der Waals surface area contributed by atoms with Crippen LogP contribution in [0.4, 0.5) is 5.69 Å². The second-order valence-electron chi connectivity index (χ2n) is 9.57. The van der Waals surface area contributed by atoms with Gasteiger partial charge in [-0.1, -0.05) is 55.5 Å². The molecule has 1 amide bonds. The fourth-order valence-corrected chi connectivity index (χ4v) is 4.54. The molecule has 0 aliphatic heterocycles. The predicted octanol–water partition coefficient (Wildman–Crippen LogP) is 6.60. The summed E-state index contributed by atoms with van der Waals surface area (Å²) in [6.45, 7) is 12.3. The average molecular weight is 489 g/mol. The van der Waals surface area contributed by atoms with Crippen LogP contribution in [0.25, 0.3) is 11.1 Å². The molecule has 3 aromatic rings. The highest BCUT2D eigenvalue weighted by atomic mass is 16.5. The Morgan fingerprint density at radius 3 is 2.25 bits per heavy atom. The summed E-state index contributed by atoms with van der Waals surface area (Å²) in [4.78, 5) is 15.1. The maximum Gasteiger partial charge on any atom is 0.228 e. The van der Waals surface area contributed by atoms with E-state index in [2.05, 4.69) is 81.2 Å². The van der Waals surface area contributed by atoms with E-state index >= 15 is 0 Å². The number of methoxy groups -OCH3 is 1. The Bertz CT molecular complexity index is 1110. The van der Waals surface area contributed by atoms with Crippen LogP contribution in [0.1, 0.15) is 45.7 Å². The number of carbonyl (C=O) groups excluding carboxylic acids is 1.